The predicted octanol–water partition coefficient (Wildman–Crippen LogP) is 1.49. The summed E-state index contributed by atoms with van der Waals surface area (Å²) in [5.74, 6) is 0.375. The van der Waals surface area contributed by atoms with E-state index in [0.29, 0.717) is 5.84 Å². The van der Waals surface area contributed by atoms with Gasteiger partial charge < -0.3 is 15.8 Å². The van der Waals surface area contributed by atoms with Crippen molar-refractivity contribution in [1.29, 1.82) is 0 Å². The molecule has 0 aliphatic heterocycles. The maximum absolute atomic E-state index is 8.52. The van der Waals surface area contributed by atoms with Crippen molar-refractivity contribution < 1.29 is 5.21 Å². The lowest BCUT2D eigenvalue weighted by Crippen LogP contribution is -2.44. The van der Waals surface area contributed by atoms with Crippen molar-refractivity contribution in [3.8, 4) is 0 Å². The van der Waals surface area contributed by atoms with E-state index in [2.05, 4.69) is 37.9 Å². The zero-order chi connectivity index (χ0) is 11.4. The second-order valence-electron chi connectivity index (χ2n) is 4.47. The third kappa shape index (κ3) is 3.54. The molecule has 0 saturated carbocycles. The summed E-state index contributed by atoms with van der Waals surface area (Å²) in [6, 6.07) is 0. The van der Waals surface area contributed by atoms with E-state index in [4.69, 9.17) is 10.9 Å². The van der Waals surface area contributed by atoms with Gasteiger partial charge in [0.2, 0.25) is 0 Å². The molecule has 0 rings (SSSR count). The zero-order valence-electron chi connectivity index (χ0n) is 9.91. The first-order chi connectivity index (χ1) is 6.35. The monoisotopic (exact) mass is 201 g/mol. The van der Waals surface area contributed by atoms with Crippen LogP contribution in [0, 0.1) is 5.92 Å². The fourth-order valence-electron chi connectivity index (χ4n) is 1.12. The minimum Gasteiger partial charge on any atom is -0.409 e. The van der Waals surface area contributed by atoms with Gasteiger partial charge in [0.15, 0.2) is 0 Å². The Kier molecular flexibility index (Phi) is 4.91. The summed E-state index contributed by atoms with van der Waals surface area (Å²) in [7, 11) is 2.06. The smallest absolute Gasteiger partial charge is 0.143 e. The summed E-state index contributed by atoms with van der Waals surface area (Å²) in [6.07, 6.45) is 1.08. The van der Waals surface area contributed by atoms with Crippen molar-refractivity contribution in [1.82, 2.24) is 4.90 Å². The van der Waals surface area contributed by atoms with Gasteiger partial charge in [-0.3, -0.25) is 0 Å². The van der Waals surface area contributed by atoms with Crippen molar-refractivity contribution in [3.63, 3.8) is 0 Å². The van der Waals surface area contributed by atoms with Crippen LogP contribution in [0.1, 0.15) is 34.1 Å². The molecular weight excluding hydrogens is 178 g/mol. The standard InChI is InChI=1S/C10H23N3O/c1-6-10(3,4)13(5)7-8(2)9(11)12-14/h8,14H,6-7H2,1-5H3,(H2,11,12). The highest BCUT2D eigenvalue weighted by molar-refractivity contribution is 5.82. The number of oxime groups is 1. The van der Waals surface area contributed by atoms with E-state index in [0.717, 1.165) is 13.0 Å². The van der Waals surface area contributed by atoms with E-state index in [1.807, 2.05) is 6.92 Å². The summed E-state index contributed by atoms with van der Waals surface area (Å²) in [6.45, 7) is 9.29. The Labute approximate surface area is 86.8 Å². The summed E-state index contributed by atoms with van der Waals surface area (Å²) in [5, 5.41) is 11.5. The van der Waals surface area contributed by atoms with E-state index < -0.39 is 0 Å². The van der Waals surface area contributed by atoms with E-state index in [1.54, 1.807) is 0 Å². The highest BCUT2D eigenvalue weighted by Gasteiger charge is 2.23. The number of hydrogen-bond acceptors (Lipinski definition) is 3. The molecule has 0 aromatic heterocycles. The molecule has 1 atom stereocenters. The van der Waals surface area contributed by atoms with Gasteiger partial charge in [-0.15, -0.1) is 0 Å². The van der Waals surface area contributed by atoms with Crippen LogP contribution in [-0.2, 0) is 0 Å². The SMILES string of the molecule is CCC(C)(C)N(C)CC(C)C(N)=NO. The maximum Gasteiger partial charge on any atom is 0.143 e. The minimum atomic E-state index is 0.0795. The fraction of sp³-hybridized carbons (Fsp3) is 0.900. The molecule has 0 aromatic carbocycles. The van der Waals surface area contributed by atoms with E-state index in [-0.39, 0.29) is 11.5 Å². The second kappa shape index (κ2) is 5.20. The molecule has 84 valence electrons. The Hall–Kier alpha value is -0.770. The van der Waals surface area contributed by atoms with Gasteiger partial charge in [-0.25, -0.2) is 0 Å². The Morgan fingerprint density at radius 3 is 2.43 bits per heavy atom. The lowest BCUT2D eigenvalue weighted by molar-refractivity contribution is 0.141. The van der Waals surface area contributed by atoms with Crippen LogP contribution in [-0.4, -0.2) is 35.1 Å². The van der Waals surface area contributed by atoms with Gasteiger partial charge in [0.05, 0.1) is 0 Å². The van der Waals surface area contributed by atoms with Crippen molar-refractivity contribution in [2.45, 2.75) is 39.7 Å². The van der Waals surface area contributed by atoms with Crippen LogP contribution in [0.2, 0.25) is 0 Å². The van der Waals surface area contributed by atoms with E-state index in [1.165, 1.54) is 0 Å². The van der Waals surface area contributed by atoms with Gasteiger partial charge >= 0.3 is 0 Å². The largest absolute Gasteiger partial charge is 0.409 e. The van der Waals surface area contributed by atoms with Crippen LogP contribution in [0.3, 0.4) is 0 Å². The number of nitrogens with zero attached hydrogens (tertiary/aromatic N) is 2. The molecule has 3 N–H and O–H groups in total. The predicted molar refractivity (Wildman–Crippen MR) is 59.6 cm³/mol. The fourth-order valence-corrected chi connectivity index (χ4v) is 1.12. The van der Waals surface area contributed by atoms with Crippen LogP contribution < -0.4 is 5.73 Å². The Bertz CT molecular complexity index is 202. The number of nitrogens with two attached hydrogens (primary N) is 1. The van der Waals surface area contributed by atoms with Crippen LogP contribution in [0.25, 0.3) is 0 Å². The van der Waals surface area contributed by atoms with Gasteiger partial charge in [-0.1, -0.05) is 19.0 Å². The lowest BCUT2D eigenvalue weighted by Gasteiger charge is -2.36. The summed E-state index contributed by atoms with van der Waals surface area (Å²) in [5.41, 5.74) is 5.68. The van der Waals surface area contributed by atoms with Gasteiger partial charge in [-0.2, -0.15) is 0 Å². The highest BCUT2D eigenvalue weighted by Crippen LogP contribution is 2.17. The summed E-state index contributed by atoms with van der Waals surface area (Å²) < 4.78 is 0. The number of hydrogen-bond donors (Lipinski definition) is 2. The molecular formula is C10H23N3O. The van der Waals surface area contributed by atoms with Crippen molar-refractivity contribution in [2.24, 2.45) is 16.8 Å². The lowest BCUT2D eigenvalue weighted by atomic mass is 9.98. The number of rotatable bonds is 5. The third-order valence-corrected chi connectivity index (χ3v) is 3.07. The van der Waals surface area contributed by atoms with Gasteiger partial charge in [0, 0.05) is 18.0 Å². The third-order valence-electron chi connectivity index (χ3n) is 3.07. The first-order valence-electron chi connectivity index (χ1n) is 5.03. The van der Waals surface area contributed by atoms with Crippen LogP contribution in [0.15, 0.2) is 5.16 Å². The average molecular weight is 201 g/mol. The van der Waals surface area contributed by atoms with Crippen LogP contribution in [0.4, 0.5) is 0 Å². The molecule has 0 radical (unpaired) electrons. The molecule has 0 aliphatic rings. The molecule has 0 saturated heterocycles. The molecule has 4 nitrogen and oxygen atoms in total. The molecule has 0 fully saturated rings. The molecule has 0 bridgehead atoms. The Morgan fingerprint density at radius 2 is 2.07 bits per heavy atom. The summed E-state index contributed by atoms with van der Waals surface area (Å²) in [4.78, 5) is 2.23. The molecule has 0 heterocycles. The average Bonchev–Trinajstić information content (AvgIpc) is 2.16. The molecule has 0 spiro atoms. The summed E-state index contributed by atoms with van der Waals surface area (Å²) >= 11 is 0. The quantitative estimate of drug-likeness (QED) is 0.306. The molecule has 14 heavy (non-hydrogen) atoms. The van der Waals surface area contributed by atoms with Crippen molar-refractivity contribution >= 4 is 5.84 Å². The van der Waals surface area contributed by atoms with E-state index in [9.17, 15) is 0 Å². The van der Waals surface area contributed by atoms with Crippen molar-refractivity contribution in [2.75, 3.05) is 13.6 Å². The first-order valence-corrected chi connectivity index (χ1v) is 5.03. The zero-order valence-corrected chi connectivity index (χ0v) is 9.91. The van der Waals surface area contributed by atoms with Gasteiger partial charge in [0.25, 0.3) is 0 Å². The molecule has 0 aliphatic carbocycles. The minimum absolute atomic E-state index is 0.0795. The maximum atomic E-state index is 8.52. The molecule has 0 aromatic rings. The Balaban J connectivity index is 4.26. The molecule has 0 amide bonds. The topological polar surface area (TPSA) is 61.8 Å². The Morgan fingerprint density at radius 1 is 1.57 bits per heavy atom. The normalized spacial score (nSPS) is 16.0. The van der Waals surface area contributed by atoms with Crippen molar-refractivity contribution in [3.05, 3.63) is 0 Å². The molecule has 1 unspecified atom stereocenters. The van der Waals surface area contributed by atoms with E-state index >= 15 is 0 Å². The van der Waals surface area contributed by atoms with Crippen LogP contribution >= 0.6 is 0 Å². The molecule has 4 heteroatoms. The van der Waals surface area contributed by atoms with Gasteiger partial charge in [0.1, 0.15) is 5.84 Å². The number of amidine groups is 1. The highest BCUT2D eigenvalue weighted by atomic mass is 16.4. The first kappa shape index (κ1) is 13.2. The second-order valence-corrected chi connectivity index (χ2v) is 4.47. The van der Waals surface area contributed by atoms with Gasteiger partial charge in [-0.05, 0) is 27.3 Å². The van der Waals surface area contributed by atoms with Crippen LogP contribution in [0.5, 0.6) is 0 Å².